The van der Waals surface area contributed by atoms with Crippen LogP contribution in [0.4, 0.5) is 0 Å². The largest absolute Gasteiger partial charge is 0.371 e. The normalized spacial score (nSPS) is 20.4. The zero-order valence-corrected chi connectivity index (χ0v) is 8.49. The molecular formula is C10H15NO3. The number of amides is 2. The van der Waals surface area contributed by atoms with Gasteiger partial charge >= 0.3 is 0 Å². The molecule has 1 rings (SSSR count). The number of aliphatic hydroxyl groups is 1. The van der Waals surface area contributed by atoms with Crippen molar-refractivity contribution in [3.8, 4) is 0 Å². The molecule has 0 saturated carbocycles. The van der Waals surface area contributed by atoms with Gasteiger partial charge in [-0.1, -0.05) is 13.3 Å². The molecule has 0 aromatic carbocycles. The van der Waals surface area contributed by atoms with Crippen LogP contribution in [0.15, 0.2) is 12.2 Å². The molecule has 1 unspecified atom stereocenters. The van der Waals surface area contributed by atoms with Gasteiger partial charge in [0.25, 0.3) is 11.8 Å². The lowest BCUT2D eigenvalue weighted by Gasteiger charge is -2.32. The van der Waals surface area contributed by atoms with Gasteiger partial charge in [0.15, 0.2) is 0 Å². The van der Waals surface area contributed by atoms with Crippen LogP contribution in [0.1, 0.15) is 33.1 Å². The number of nitrogens with zero attached hydrogens (tertiary/aromatic N) is 1. The summed E-state index contributed by atoms with van der Waals surface area (Å²) in [6.45, 7) is 3.48. The molecule has 0 saturated heterocycles. The third-order valence-corrected chi connectivity index (χ3v) is 2.29. The van der Waals surface area contributed by atoms with Gasteiger partial charge in [0.1, 0.15) is 5.72 Å². The topological polar surface area (TPSA) is 57.6 Å². The van der Waals surface area contributed by atoms with Crippen LogP contribution in [0.2, 0.25) is 0 Å². The van der Waals surface area contributed by atoms with Crippen LogP contribution in [0.5, 0.6) is 0 Å². The Morgan fingerprint density at radius 1 is 1.36 bits per heavy atom. The number of carbonyl (C=O) groups excluding carboxylic acids is 2. The maximum atomic E-state index is 11.3. The fourth-order valence-electron chi connectivity index (χ4n) is 1.50. The first-order valence-corrected chi connectivity index (χ1v) is 4.77. The van der Waals surface area contributed by atoms with Crippen molar-refractivity contribution >= 4 is 11.8 Å². The molecular weight excluding hydrogens is 182 g/mol. The molecule has 0 radical (unpaired) electrons. The summed E-state index contributed by atoms with van der Waals surface area (Å²) in [4.78, 5) is 23.4. The Bertz CT molecular complexity index is 263. The first-order chi connectivity index (χ1) is 6.49. The smallest absolute Gasteiger partial charge is 0.255 e. The molecule has 78 valence electrons. The first kappa shape index (κ1) is 10.9. The minimum atomic E-state index is -1.35. The van der Waals surface area contributed by atoms with E-state index in [1.165, 1.54) is 19.1 Å². The molecule has 1 N–H and O–H groups in total. The Kier molecular flexibility index (Phi) is 3.06. The third-order valence-electron chi connectivity index (χ3n) is 2.29. The van der Waals surface area contributed by atoms with Crippen LogP contribution < -0.4 is 0 Å². The van der Waals surface area contributed by atoms with E-state index in [2.05, 4.69) is 0 Å². The van der Waals surface area contributed by atoms with E-state index in [-0.39, 0.29) is 0 Å². The first-order valence-electron chi connectivity index (χ1n) is 4.77. The summed E-state index contributed by atoms with van der Waals surface area (Å²) in [5.74, 6) is -0.868. The van der Waals surface area contributed by atoms with E-state index in [0.717, 1.165) is 17.7 Å². The molecule has 0 aromatic heterocycles. The maximum absolute atomic E-state index is 11.3. The summed E-state index contributed by atoms with van der Waals surface area (Å²) in [5, 5.41) is 9.93. The number of imide groups is 1. The van der Waals surface area contributed by atoms with Crippen molar-refractivity contribution in [1.82, 2.24) is 4.90 Å². The van der Waals surface area contributed by atoms with Crippen LogP contribution in [0.3, 0.4) is 0 Å². The lowest BCUT2D eigenvalue weighted by atomic mass is 10.1. The highest BCUT2D eigenvalue weighted by atomic mass is 16.3. The highest BCUT2D eigenvalue weighted by molar-refractivity contribution is 6.13. The third kappa shape index (κ3) is 2.01. The number of hydrogen-bond acceptors (Lipinski definition) is 3. The van der Waals surface area contributed by atoms with E-state index in [1.807, 2.05) is 6.92 Å². The molecule has 0 fully saturated rings. The molecule has 1 aliphatic heterocycles. The highest BCUT2D eigenvalue weighted by Gasteiger charge is 2.38. The predicted octanol–water partition coefficient (Wildman–Crippen LogP) is 0.810. The van der Waals surface area contributed by atoms with Crippen molar-refractivity contribution in [3.05, 3.63) is 12.2 Å². The molecule has 2 amide bonds. The van der Waals surface area contributed by atoms with Gasteiger partial charge in [-0.05, 0) is 19.8 Å². The van der Waals surface area contributed by atoms with E-state index in [4.69, 9.17) is 0 Å². The zero-order valence-electron chi connectivity index (χ0n) is 8.49. The maximum Gasteiger partial charge on any atom is 0.255 e. The van der Waals surface area contributed by atoms with Gasteiger partial charge in [0.2, 0.25) is 0 Å². The van der Waals surface area contributed by atoms with Gasteiger partial charge < -0.3 is 5.11 Å². The van der Waals surface area contributed by atoms with Gasteiger partial charge in [0.05, 0.1) is 0 Å². The molecule has 0 bridgehead atoms. The summed E-state index contributed by atoms with van der Waals surface area (Å²) < 4.78 is 0. The van der Waals surface area contributed by atoms with Gasteiger partial charge in [-0.2, -0.15) is 0 Å². The minimum absolute atomic E-state index is 0.419. The summed E-state index contributed by atoms with van der Waals surface area (Å²) in [6, 6.07) is 0. The number of carbonyl (C=O) groups is 2. The molecule has 0 spiro atoms. The highest BCUT2D eigenvalue weighted by Crippen LogP contribution is 2.22. The van der Waals surface area contributed by atoms with Gasteiger partial charge in [-0.15, -0.1) is 0 Å². The number of unbranched alkanes of at least 4 members (excludes halogenated alkanes) is 1. The molecule has 4 nitrogen and oxygen atoms in total. The molecule has 1 atom stereocenters. The van der Waals surface area contributed by atoms with Crippen molar-refractivity contribution in [2.45, 2.75) is 38.8 Å². The van der Waals surface area contributed by atoms with Crippen LogP contribution in [0, 0.1) is 0 Å². The Labute approximate surface area is 83.2 Å². The Morgan fingerprint density at radius 3 is 2.29 bits per heavy atom. The standard InChI is InChI=1S/C10H15NO3/c1-3-4-7-10(2,14)11-8(12)5-6-9(11)13/h5-6,14H,3-4,7H2,1-2H3. The van der Waals surface area contributed by atoms with E-state index in [9.17, 15) is 14.7 Å². The summed E-state index contributed by atoms with van der Waals surface area (Å²) >= 11 is 0. The molecule has 14 heavy (non-hydrogen) atoms. The summed E-state index contributed by atoms with van der Waals surface area (Å²) in [7, 11) is 0. The van der Waals surface area contributed by atoms with Crippen LogP contribution in [0.25, 0.3) is 0 Å². The van der Waals surface area contributed by atoms with Gasteiger partial charge in [0, 0.05) is 12.2 Å². The second kappa shape index (κ2) is 3.92. The quantitative estimate of drug-likeness (QED) is 0.678. The SMILES string of the molecule is CCCCC(C)(O)N1C(=O)C=CC1=O. The second-order valence-electron chi connectivity index (χ2n) is 3.67. The lowest BCUT2D eigenvalue weighted by Crippen LogP contribution is -2.49. The fourth-order valence-corrected chi connectivity index (χ4v) is 1.50. The average Bonchev–Trinajstić information content (AvgIpc) is 2.43. The summed E-state index contributed by atoms with van der Waals surface area (Å²) in [6.07, 6.45) is 4.48. The molecule has 0 aliphatic carbocycles. The van der Waals surface area contributed by atoms with Crippen molar-refractivity contribution in [2.24, 2.45) is 0 Å². The molecule has 4 heteroatoms. The van der Waals surface area contributed by atoms with Gasteiger partial charge in [-0.25, -0.2) is 4.90 Å². The summed E-state index contributed by atoms with van der Waals surface area (Å²) in [5.41, 5.74) is -1.35. The molecule has 1 heterocycles. The Balaban J connectivity index is 2.72. The second-order valence-corrected chi connectivity index (χ2v) is 3.67. The zero-order chi connectivity index (χ0) is 10.8. The Morgan fingerprint density at radius 2 is 1.86 bits per heavy atom. The van der Waals surface area contributed by atoms with Gasteiger partial charge in [-0.3, -0.25) is 9.59 Å². The molecule has 0 aromatic rings. The molecule has 1 aliphatic rings. The minimum Gasteiger partial charge on any atom is -0.371 e. The van der Waals surface area contributed by atoms with Crippen LogP contribution >= 0.6 is 0 Å². The van der Waals surface area contributed by atoms with Crippen molar-refractivity contribution in [3.63, 3.8) is 0 Å². The number of hydrogen-bond donors (Lipinski definition) is 1. The Hall–Kier alpha value is -1.16. The van der Waals surface area contributed by atoms with Crippen molar-refractivity contribution < 1.29 is 14.7 Å². The van der Waals surface area contributed by atoms with Crippen LogP contribution in [-0.4, -0.2) is 27.5 Å². The van der Waals surface area contributed by atoms with E-state index in [0.29, 0.717) is 6.42 Å². The van der Waals surface area contributed by atoms with Crippen LogP contribution in [-0.2, 0) is 9.59 Å². The van der Waals surface area contributed by atoms with E-state index in [1.54, 1.807) is 0 Å². The average molecular weight is 197 g/mol. The van der Waals surface area contributed by atoms with Crippen molar-refractivity contribution in [2.75, 3.05) is 0 Å². The monoisotopic (exact) mass is 197 g/mol. The number of rotatable bonds is 4. The van der Waals surface area contributed by atoms with Crippen molar-refractivity contribution in [1.29, 1.82) is 0 Å². The van der Waals surface area contributed by atoms with E-state index < -0.39 is 17.5 Å². The van der Waals surface area contributed by atoms with E-state index >= 15 is 0 Å². The lowest BCUT2D eigenvalue weighted by molar-refractivity contribution is -0.162. The fraction of sp³-hybridized carbons (Fsp3) is 0.600. The predicted molar refractivity (Wildman–Crippen MR) is 51.1 cm³/mol.